The minimum Gasteiger partial charge on any atom is -0.469 e. The Labute approximate surface area is 101 Å². The topological polar surface area (TPSA) is 26.3 Å². The average Bonchev–Trinajstić information content (AvgIpc) is 2.31. The summed E-state index contributed by atoms with van der Waals surface area (Å²) >= 11 is 0. The first-order valence-corrected chi connectivity index (χ1v) is 5.56. The van der Waals surface area contributed by atoms with Crippen molar-refractivity contribution < 1.29 is 13.9 Å². The summed E-state index contributed by atoms with van der Waals surface area (Å²) in [6, 6.07) is 6.12. The van der Waals surface area contributed by atoms with Crippen molar-refractivity contribution in [3.63, 3.8) is 0 Å². The van der Waals surface area contributed by atoms with Crippen molar-refractivity contribution >= 4 is 12.0 Å². The van der Waals surface area contributed by atoms with Crippen LogP contribution in [0.25, 0.3) is 6.08 Å². The van der Waals surface area contributed by atoms with Gasteiger partial charge in [-0.25, -0.2) is 4.39 Å². The first-order valence-electron chi connectivity index (χ1n) is 5.56. The van der Waals surface area contributed by atoms with Gasteiger partial charge in [0.15, 0.2) is 0 Å². The van der Waals surface area contributed by atoms with E-state index in [1.807, 2.05) is 13.8 Å². The van der Waals surface area contributed by atoms with E-state index in [0.29, 0.717) is 0 Å². The fraction of sp³-hybridized carbons (Fsp3) is 0.357. The van der Waals surface area contributed by atoms with E-state index in [4.69, 9.17) is 4.74 Å². The number of hydrogen-bond acceptors (Lipinski definition) is 2. The molecule has 2 nitrogen and oxygen atoms in total. The van der Waals surface area contributed by atoms with E-state index in [9.17, 15) is 9.18 Å². The van der Waals surface area contributed by atoms with Gasteiger partial charge in [-0.05, 0) is 23.6 Å². The number of methoxy groups -OCH3 is 1. The second-order valence-electron chi connectivity index (χ2n) is 4.20. The molecule has 1 rings (SSSR count). The zero-order chi connectivity index (χ0) is 12.8. The Hall–Kier alpha value is -1.64. The molecule has 17 heavy (non-hydrogen) atoms. The number of esters is 1. The third kappa shape index (κ3) is 4.02. The van der Waals surface area contributed by atoms with Crippen LogP contribution in [0.1, 0.15) is 19.4 Å². The summed E-state index contributed by atoms with van der Waals surface area (Å²) in [5.74, 6) is -0.627. The molecule has 1 aromatic rings. The number of rotatable bonds is 4. The fourth-order valence-corrected chi connectivity index (χ4v) is 1.50. The maximum Gasteiger partial charge on any atom is 0.312 e. The maximum atomic E-state index is 12.7. The molecular weight excluding hydrogens is 219 g/mol. The molecule has 92 valence electrons. The van der Waals surface area contributed by atoms with E-state index in [1.54, 1.807) is 24.3 Å². The van der Waals surface area contributed by atoms with Crippen LogP contribution in [0.5, 0.6) is 0 Å². The van der Waals surface area contributed by atoms with Gasteiger partial charge >= 0.3 is 5.97 Å². The predicted molar refractivity (Wildman–Crippen MR) is 65.8 cm³/mol. The highest BCUT2D eigenvalue weighted by Crippen LogP contribution is 2.16. The summed E-state index contributed by atoms with van der Waals surface area (Å²) < 4.78 is 17.4. The lowest BCUT2D eigenvalue weighted by atomic mass is 9.95. The lowest BCUT2D eigenvalue weighted by molar-refractivity contribution is -0.144. The second-order valence-corrected chi connectivity index (χ2v) is 4.20. The monoisotopic (exact) mass is 236 g/mol. The van der Waals surface area contributed by atoms with Gasteiger partial charge in [0.05, 0.1) is 13.0 Å². The molecule has 0 amide bonds. The smallest absolute Gasteiger partial charge is 0.312 e. The van der Waals surface area contributed by atoms with Crippen LogP contribution < -0.4 is 0 Å². The molecule has 0 aliphatic heterocycles. The predicted octanol–water partition coefficient (Wildman–Crippen LogP) is 3.28. The fourth-order valence-electron chi connectivity index (χ4n) is 1.50. The van der Waals surface area contributed by atoms with Crippen molar-refractivity contribution in [2.24, 2.45) is 11.8 Å². The second kappa shape index (κ2) is 6.18. The molecule has 0 radical (unpaired) electrons. The van der Waals surface area contributed by atoms with Crippen molar-refractivity contribution in [1.29, 1.82) is 0 Å². The SMILES string of the molecule is COC(=O)C(C=Cc1ccc(F)cc1)C(C)C. The van der Waals surface area contributed by atoms with Crippen LogP contribution in [0.15, 0.2) is 30.3 Å². The Morgan fingerprint density at radius 3 is 2.35 bits per heavy atom. The molecule has 0 aromatic heterocycles. The summed E-state index contributed by atoms with van der Waals surface area (Å²) in [7, 11) is 1.38. The Bertz CT molecular complexity index is 393. The van der Waals surface area contributed by atoms with Crippen LogP contribution in [0.4, 0.5) is 4.39 Å². The molecule has 1 unspecified atom stereocenters. The Morgan fingerprint density at radius 2 is 1.88 bits per heavy atom. The molecule has 1 aromatic carbocycles. The van der Waals surface area contributed by atoms with Crippen molar-refractivity contribution in [1.82, 2.24) is 0 Å². The van der Waals surface area contributed by atoms with Crippen LogP contribution in [0, 0.1) is 17.7 Å². The summed E-state index contributed by atoms with van der Waals surface area (Å²) in [6.07, 6.45) is 3.60. The van der Waals surface area contributed by atoms with Crippen molar-refractivity contribution in [3.8, 4) is 0 Å². The van der Waals surface area contributed by atoms with E-state index in [1.165, 1.54) is 19.2 Å². The van der Waals surface area contributed by atoms with Crippen molar-refractivity contribution in [2.45, 2.75) is 13.8 Å². The molecule has 0 fully saturated rings. The molecular formula is C14H17FO2. The molecule has 0 bridgehead atoms. The van der Waals surface area contributed by atoms with Crippen LogP contribution in [0.2, 0.25) is 0 Å². The Morgan fingerprint density at radius 1 is 1.29 bits per heavy atom. The van der Waals surface area contributed by atoms with Crippen LogP contribution in [0.3, 0.4) is 0 Å². The molecule has 0 spiro atoms. The Kier molecular flexibility index (Phi) is 4.88. The number of ether oxygens (including phenoxy) is 1. The third-order valence-electron chi connectivity index (χ3n) is 2.56. The number of carbonyl (C=O) groups is 1. The zero-order valence-electron chi connectivity index (χ0n) is 10.3. The highest BCUT2D eigenvalue weighted by molar-refractivity contribution is 5.76. The number of hydrogen-bond donors (Lipinski definition) is 0. The normalized spacial score (nSPS) is 13.0. The Balaban J connectivity index is 2.79. The molecule has 3 heteroatoms. The maximum absolute atomic E-state index is 12.7. The minimum absolute atomic E-state index is 0.166. The summed E-state index contributed by atoms with van der Waals surface area (Å²) in [5, 5.41) is 0. The molecule has 0 aliphatic rings. The van der Waals surface area contributed by atoms with Gasteiger partial charge in [0.1, 0.15) is 5.82 Å². The number of carbonyl (C=O) groups excluding carboxylic acids is 1. The summed E-state index contributed by atoms with van der Waals surface area (Å²) in [4.78, 5) is 11.5. The molecule has 0 saturated carbocycles. The summed E-state index contributed by atoms with van der Waals surface area (Å²) in [5.41, 5.74) is 0.862. The lowest BCUT2D eigenvalue weighted by Crippen LogP contribution is -2.19. The first kappa shape index (κ1) is 13.4. The minimum atomic E-state index is -0.273. The van der Waals surface area contributed by atoms with Gasteiger partial charge in [0.2, 0.25) is 0 Å². The van der Waals surface area contributed by atoms with Gasteiger partial charge in [0.25, 0.3) is 0 Å². The summed E-state index contributed by atoms with van der Waals surface area (Å²) in [6.45, 7) is 3.91. The standard InChI is InChI=1S/C14H17FO2/c1-10(2)13(14(16)17-3)9-6-11-4-7-12(15)8-5-11/h4-10,13H,1-3H3. The van der Waals surface area contributed by atoms with Crippen LogP contribution in [-0.4, -0.2) is 13.1 Å². The highest BCUT2D eigenvalue weighted by atomic mass is 19.1. The average molecular weight is 236 g/mol. The van der Waals surface area contributed by atoms with Crippen molar-refractivity contribution in [2.75, 3.05) is 7.11 Å². The molecule has 0 N–H and O–H groups in total. The van der Waals surface area contributed by atoms with Gasteiger partial charge in [-0.1, -0.05) is 38.1 Å². The van der Waals surface area contributed by atoms with Gasteiger partial charge in [0, 0.05) is 0 Å². The van der Waals surface area contributed by atoms with Gasteiger partial charge in [-0.3, -0.25) is 4.79 Å². The molecule has 0 heterocycles. The molecule has 0 aliphatic carbocycles. The first-order chi connectivity index (χ1) is 8.04. The van der Waals surface area contributed by atoms with Gasteiger partial charge in [-0.2, -0.15) is 0 Å². The largest absolute Gasteiger partial charge is 0.469 e. The van der Waals surface area contributed by atoms with Gasteiger partial charge in [-0.15, -0.1) is 0 Å². The number of benzene rings is 1. The van der Waals surface area contributed by atoms with E-state index in [0.717, 1.165) is 5.56 Å². The van der Waals surface area contributed by atoms with Crippen LogP contribution in [-0.2, 0) is 9.53 Å². The molecule has 1 atom stereocenters. The molecule has 0 saturated heterocycles. The number of halogens is 1. The van der Waals surface area contributed by atoms with Gasteiger partial charge < -0.3 is 4.74 Å². The van der Waals surface area contributed by atoms with E-state index in [2.05, 4.69) is 0 Å². The van der Waals surface area contributed by atoms with Crippen LogP contribution >= 0.6 is 0 Å². The van der Waals surface area contributed by atoms with E-state index >= 15 is 0 Å². The quantitative estimate of drug-likeness (QED) is 0.750. The lowest BCUT2D eigenvalue weighted by Gasteiger charge is -2.13. The van der Waals surface area contributed by atoms with E-state index < -0.39 is 0 Å². The van der Waals surface area contributed by atoms with E-state index in [-0.39, 0.29) is 23.6 Å². The van der Waals surface area contributed by atoms with Crippen molar-refractivity contribution in [3.05, 3.63) is 41.7 Å². The zero-order valence-corrected chi connectivity index (χ0v) is 10.3. The third-order valence-corrected chi connectivity index (χ3v) is 2.56. The highest BCUT2D eigenvalue weighted by Gasteiger charge is 2.19.